The maximum atomic E-state index is 12.8. The molecule has 4 heteroatoms. The number of carbonyl (C=O) groups excluding carboxylic acids is 2. The van der Waals surface area contributed by atoms with Gasteiger partial charge in [0.05, 0.1) is 0 Å². The zero-order valence-corrected chi connectivity index (χ0v) is 13.5. The Balaban J connectivity index is 1.78. The van der Waals surface area contributed by atoms with Crippen molar-refractivity contribution in [2.24, 2.45) is 0 Å². The number of carbonyl (C=O) groups is 2. The van der Waals surface area contributed by atoms with Crippen molar-refractivity contribution in [1.29, 1.82) is 0 Å². The lowest BCUT2D eigenvalue weighted by Crippen LogP contribution is -2.30. The van der Waals surface area contributed by atoms with Crippen molar-refractivity contribution in [3.05, 3.63) is 90.5 Å². The van der Waals surface area contributed by atoms with Crippen LogP contribution >= 0.6 is 0 Å². The van der Waals surface area contributed by atoms with E-state index in [1.807, 2.05) is 60.7 Å². The molecule has 0 saturated carbocycles. The number of para-hydroxylation sites is 2. The summed E-state index contributed by atoms with van der Waals surface area (Å²) in [6.07, 6.45) is 0.765. The van der Waals surface area contributed by atoms with Gasteiger partial charge in [-0.3, -0.25) is 14.5 Å². The standard InChI is InChI=1S/C21H17NO3/c23-15-17-11-13-20(14-12-17)25-16-21(24)22(18-7-3-1-4-8-18)19-9-5-2-6-10-19/h1-15H,16H2. The fourth-order valence-corrected chi connectivity index (χ4v) is 2.44. The average Bonchev–Trinajstić information content (AvgIpc) is 2.69. The molecule has 0 aliphatic heterocycles. The second-order valence-corrected chi connectivity index (χ2v) is 5.38. The molecule has 0 atom stereocenters. The number of benzene rings is 3. The fraction of sp³-hybridized carbons (Fsp3) is 0.0476. The molecule has 0 heterocycles. The Hall–Kier alpha value is -3.40. The summed E-state index contributed by atoms with van der Waals surface area (Å²) >= 11 is 0. The van der Waals surface area contributed by atoms with Gasteiger partial charge in [0.15, 0.2) is 6.61 Å². The van der Waals surface area contributed by atoms with E-state index < -0.39 is 0 Å². The molecule has 4 nitrogen and oxygen atoms in total. The van der Waals surface area contributed by atoms with Crippen LogP contribution < -0.4 is 9.64 Å². The first-order valence-corrected chi connectivity index (χ1v) is 7.89. The number of anilines is 2. The molecular weight excluding hydrogens is 314 g/mol. The zero-order chi connectivity index (χ0) is 17.5. The summed E-state index contributed by atoms with van der Waals surface area (Å²) in [5.74, 6) is 0.358. The van der Waals surface area contributed by atoms with E-state index in [0.29, 0.717) is 11.3 Å². The van der Waals surface area contributed by atoms with Crippen molar-refractivity contribution >= 4 is 23.6 Å². The van der Waals surface area contributed by atoms with E-state index in [0.717, 1.165) is 17.7 Å². The quantitative estimate of drug-likeness (QED) is 0.635. The van der Waals surface area contributed by atoms with Crippen LogP contribution in [-0.2, 0) is 4.79 Å². The Morgan fingerprint density at radius 2 is 1.32 bits per heavy atom. The van der Waals surface area contributed by atoms with Crippen molar-refractivity contribution in [1.82, 2.24) is 0 Å². The van der Waals surface area contributed by atoms with Crippen LogP contribution in [0.1, 0.15) is 10.4 Å². The maximum absolute atomic E-state index is 12.8. The monoisotopic (exact) mass is 331 g/mol. The number of hydrogen-bond acceptors (Lipinski definition) is 3. The molecule has 0 aliphatic rings. The molecule has 0 N–H and O–H groups in total. The van der Waals surface area contributed by atoms with E-state index in [2.05, 4.69) is 0 Å². The highest BCUT2D eigenvalue weighted by molar-refractivity contribution is 6.01. The lowest BCUT2D eigenvalue weighted by atomic mass is 10.2. The molecule has 0 radical (unpaired) electrons. The van der Waals surface area contributed by atoms with Crippen LogP contribution in [-0.4, -0.2) is 18.8 Å². The average molecular weight is 331 g/mol. The van der Waals surface area contributed by atoms with Gasteiger partial charge in [-0.15, -0.1) is 0 Å². The lowest BCUT2D eigenvalue weighted by molar-refractivity contribution is -0.119. The number of ether oxygens (including phenoxy) is 1. The molecule has 124 valence electrons. The molecule has 0 unspecified atom stereocenters. The first-order chi connectivity index (χ1) is 12.3. The summed E-state index contributed by atoms with van der Waals surface area (Å²) in [6, 6.07) is 25.5. The SMILES string of the molecule is O=Cc1ccc(OCC(=O)N(c2ccccc2)c2ccccc2)cc1. The largest absolute Gasteiger partial charge is 0.484 e. The molecule has 3 rings (SSSR count). The number of hydrogen-bond donors (Lipinski definition) is 0. The second-order valence-electron chi connectivity index (χ2n) is 5.38. The summed E-state index contributed by atoms with van der Waals surface area (Å²) < 4.78 is 5.58. The minimum Gasteiger partial charge on any atom is -0.484 e. The summed E-state index contributed by atoms with van der Waals surface area (Å²) in [7, 11) is 0. The topological polar surface area (TPSA) is 46.6 Å². The Bertz CT molecular complexity index is 791. The Morgan fingerprint density at radius 1 is 0.800 bits per heavy atom. The summed E-state index contributed by atoms with van der Waals surface area (Å²) in [5, 5.41) is 0. The van der Waals surface area contributed by atoms with Gasteiger partial charge in [-0.2, -0.15) is 0 Å². The Kier molecular flexibility index (Phi) is 5.22. The van der Waals surface area contributed by atoms with E-state index in [9.17, 15) is 9.59 Å². The van der Waals surface area contributed by atoms with E-state index in [-0.39, 0.29) is 12.5 Å². The smallest absolute Gasteiger partial charge is 0.269 e. The van der Waals surface area contributed by atoms with Gasteiger partial charge in [-0.1, -0.05) is 36.4 Å². The van der Waals surface area contributed by atoms with Crippen LogP contribution in [0.3, 0.4) is 0 Å². The highest BCUT2D eigenvalue weighted by Gasteiger charge is 2.18. The molecule has 0 aliphatic carbocycles. The molecule has 1 amide bonds. The van der Waals surface area contributed by atoms with Crippen LogP contribution in [0.4, 0.5) is 11.4 Å². The van der Waals surface area contributed by atoms with E-state index >= 15 is 0 Å². The summed E-state index contributed by atoms with van der Waals surface area (Å²) in [5.41, 5.74) is 2.12. The van der Waals surface area contributed by atoms with E-state index in [1.54, 1.807) is 29.2 Å². The lowest BCUT2D eigenvalue weighted by Gasteiger charge is -2.23. The Labute approximate surface area is 146 Å². The molecule has 25 heavy (non-hydrogen) atoms. The van der Waals surface area contributed by atoms with E-state index in [4.69, 9.17) is 4.74 Å². The molecule has 0 bridgehead atoms. The van der Waals surface area contributed by atoms with Gasteiger partial charge in [0.1, 0.15) is 12.0 Å². The van der Waals surface area contributed by atoms with Crippen LogP contribution in [0.25, 0.3) is 0 Å². The Morgan fingerprint density at radius 3 is 1.80 bits per heavy atom. The van der Waals surface area contributed by atoms with Crippen LogP contribution in [0.2, 0.25) is 0 Å². The van der Waals surface area contributed by atoms with Gasteiger partial charge in [0, 0.05) is 16.9 Å². The van der Waals surface area contributed by atoms with Crippen LogP contribution in [0, 0.1) is 0 Å². The molecule has 0 aromatic heterocycles. The molecule has 3 aromatic rings. The third-order valence-electron chi connectivity index (χ3n) is 3.66. The molecule has 0 fully saturated rings. The molecule has 3 aromatic carbocycles. The van der Waals surface area contributed by atoms with Gasteiger partial charge in [-0.25, -0.2) is 0 Å². The number of aldehydes is 1. The number of amides is 1. The zero-order valence-electron chi connectivity index (χ0n) is 13.5. The highest BCUT2D eigenvalue weighted by Crippen LogP contribution is 2.25. The van der Waals surface area contributed by atoms with Gasteiger partial charge < -0.3 is 4.74 Å². The van der Waals surface area contributed by atoms with Crippen molar-refractivity contribution in [3.63, 3.8) is 0 Å². The predicted octanol–water partition coefficient (Wildman–Crippen LogP) is 4.24. The first-order valence-electron chi connectivity index (χ1n) is 7.89. The fourth-order valence-electron chi connectivity index (χ4n) is 2.44. The predicted molar refractivity (Wildman–Crippen MR) is 97.4 cm³/mol. The van der Waals surface area contributed by atoms with Crippen LogP contribution in [0.15, 0.2) is 84.9 Å². The third kappa shape index (κ3) is 4.12. The normalized spacial score (nSPS) is 10.1. The minimum atomic E-state index is -0.183. The minimum absolute atomic E-state index is 0.107. The van der Waals surface area contributed by atoms with Crippen molar-refractivity contribution < 1.29 is 14.3 Å². The van der Waals surface area contributed by atoms with E-state index in [1.165, 1.54) is 0 Å². The number of nitrogens with zero attached hydrogens (tertiary/aromatic N) is 1. The number of rotatable bonds is 6. The second kappa shape index (κ2) is 7.93. The molecule has 0 spiro atoms. The summed E-state index contributed by atoms with van der Waals surface area (Å²) in [4.78, 5) is 25.1. The van der Waals surface area contributed by atoms with Crippen molar-refractivity contribution in [3.8, 4) is 5.75 Å². The third-order valence-corrected chi connectivity index (χ3v) is 3.66. The molecular formula is C21H17NO3. The van der Waals surface area contributed by atoms with Crippen molar-refractivity contribution in [2.45, 2.75) is 0 Å². The highest BCUT2D eigenvalue weighted by atomic mass is 16.5. The van der Waals surface area contributed by atoms with Gasteiger partial charge >= 0.3 is 0 Å². The van der Waals surface area contributed by atoms with Crippen molar-refractivity contribution in [2.75, 3.05) is 11.5 Å². The first kappa shape index (κ1) is 16.5. The molecule has 0 saturated heterocycles. The summed E-state index contributed by atoms with van der Waals surface area (Å²) in [6.45, 7) is -0.107. The van der Waals surface area contributed by atoms with Gasteiger partial charge in [-0.05, 0) is 48.5 Å². The van der Waals surface area contributed by atoms with Gasteiger partial charge in [0.25, 0.3) is 5.91 Å². The maximum Gasteiger partial charge on any atom is 0.269 e. The van der Waals surface area contributed by atoms with Crippen LogP contribution in [0.5, 0.6) is 5.75 Å². The van der Waals surface area contributed by atoms with Gasteiger partial charge in [0.2, 0.25) is 0 Å².